The Labute approximate surface area is 232 Å². The number of aromatic amines is 1. The minimum atomic E-state index is -0.696. The van der Waals surface area contributed by atoms with Crippen LogP contribution in [-0.2, 0) is 0 Å². The van der Waals surface area contributed by atoms with Gasteiger partial charge in [-0.15, -0.1) is 11.8 Å². The molecule has 0 aliphatic heterocycles. The van der Waals surface area contributed by atoms with Crippen molar-refractivity contribution in [2.75, 3.05) is 23.5 Å². The third kappa shape index (κ3) is 6.75. The van der Waals surface area contributed by atoms with E-state index in [-0.39, 0.29) is 17.3 Å². The SMILES string of the molecule is CC/C(C)=C(C(\C=N)=C(\N)C#N)/C(=C(\N=C(/C)N(C)c1c(F)cc(SC)cc1F)Nc1cc(C)[nH]n1)C1CC1. The molecule has 1 aliphatic rings. The smallest absolute Gasteiger partial charge is 0.153 e. The number of allylic oxidation sites excluding steroid dienone is 5. The van der Waals surface area contributed by atoms with Crippen molar-refractivity contribution < 1.29 is 8.78 Å². The van der Waals surface area contributed by atoms with Gasteiger partial charge in [-0.05, 0) is 69.9 Å². The van der Waals surface area contributed by atoms with Crippen LogP contribution in [-0.4, -0.2) is 35.6 Å². The number of hydrogen-bond acceptors (Lipinski definition) is 7. The summed E-state index contributed by atoms with van der Waals surface area (Å²) in [5, 5.41) is 28.1. The molecule has 0 saturated heterocycles. The molecule has 39 heavy (non-hydrogen) atoms. The summed E-state index contributed by atoms with van der Waals surface area (Å²) in [5.74, 6) is -0.0789. The molecule has 0 radical (unpaired) electrons. The highest BCUT2D eigenvalue weighted by Crippen LogP contribution is 2.45. The van der Waals surface area contributed by atoms with Crippen LogP contribution in [0.5, 0.6) is 0 Å². The van der Waals surface area contributed by atoms with Gasteiger partial charge in [-0.1, -0.05) is 12.5 Å². The summed E-state index contributed by atoms with van der Waals surface area (Å²) in [6, 6.07) is 6.36. The molecule has 11 heteroatoms. The monoisotopic (exact) mass is 552 g/mol. The molecule has 0 amide bonds. The normalized spacial score (nSPS) is 15.6. The zero-order valence-electron chi connectivity index (χ0n) is 23.0. The van der Waals surface area contributed by atoms with E-state index in [1.807, 2.05) is 32.9 Å². The summed E-state index contributed by atoms with van der Waals surface area (Å²) in [4.78, 5) is 6.69. The Kier molecular flexibility index (Phi) is 9.70. The molecule has 1 heterocycles. The lowest BCUT2D eigenvalue weighted by molar-refractivity contribution is 0.579. The van der Waals surface area contributed by atoms with Crippen LogP contribution in [0.3, 0.4) is 0 Å². The topological polar surface area (TPSA) is 130 Å². The maximum absolute atomic E-state index is 15.0. The van der Waals surface area contributed by atoms with Gasteiger partial charge in [0.25, 0.3) is 0 Å². The predicted molar refractivity (Wildman–Crippen MR) is 155 cm³/mol. The van der Waals surface area contributed by atoms with Gasteiger partial charge in [-0.2, -0.15) is 10.4 Å². The summed E-state index contributed by atoms with van der Waals surface area (Å²) in [5.41, 5.74) is 9.28. The molecule has 0 spiro atoms. The number of benzene rings is 1. The van der Waals surface area contributed by atoms with Gasteiger partial charge in [0.15, 0.2) is 17.5 Å². The van der Waals surface area contributed by atoms with Crippen LogP contribution in [0.2, 0.25) is 0 Å². The zero-order valence-corrected chi connectivity index (χ0v) is 23.9. The van der Waals surface area contributed by atoms with Crippen LogP contribution in [0.25, 0.3) is 0 Å². The molecule has 5 N–H and O–H groups in total. The number of nitrogens with two attached hydrogens (primary N) is 1. The average molecular weight is 553 g/mol. The van der Waals surface area contributed by atoms with Crippen molar-refractivity contribution in [2.24, 2.45) is 16.6 Å². The second-order valence-corrected chi connectivity index (χ2v) is 10.2. The molecule has 206 valence electrons. The number of aromatic nitrogens is 2. The number of nitrogens with one attached hydrogen (secondary N) is 3. The van der Waals surface area contributed by atoms with Crippen molar-refractivity contribution in [3.63, 3.8) is 0 Å². The molecule has 2 aromatic rings. The minimum absolute atomic E-state index is 0.0724. The quantitative estimate of drug-likeness (QED) is 0.0885. The number of rotatable bonds is 10. The molecule has 1 fully saturated rings. The lowest BCUT2D eigenvalue weighted by Crippen LogP contribution is -2.26. The van der Waals surface area contributed by atoms with E-state index in [0.29, 0.717) is 39.9 Å². The molecule has 0 atom stereocenters. The van der Waals surface area contributed by atoms with E-state index < -0.39 is 11.6 Å². The van der Waals surface area contributed by atoms with E-state index >= 15 is 0 Å². The van der Waals surface area contributed by atoms with E-state index in [1.165, 1.54) is 28.8 Å². The highest BCUT2D eigenvalue weighted by atomic mass is 32.2. The Balaban J connectivity index is 2.30. The number of H-pyrrole nitrogens is 1. The number of aliphatic imine (C=N–C) groups is 1. The van der Waals surface area contributed by atoms with Gasteiger partial charge in [0.05, 0.1) is 0 Å². The van der Waals surface area contributed by atoms with E-state index in [2.05, 4.69) is 15.5 Å². The summed E-state index contributed by atoms with van der Waals surface area (Å²) in [7, 11) is 1.55. The number of nitrogens with zero attached hydrogens (tertiary/aromatic N) is 4. The van der Waals surface area contributed by atoms with Crippen molar-refractivity contribution >= 4 is 35.3 Å². The van der Waals surface area contributed by atoms with Crippen LogP contribution in [0, 0.1) is 41.2 Å². The van der Waals surface area contributed by atoms with E-state index in [9.17, 15) is 14.0 Å². The fourth-order valence-corrected chi connectivity index (χ4v) is 4.60. The number of halogens is 2. The van der Waals surface area contributed by atoms with E-state index in [4.69, 9.17) is 16.1 Å². The maximum atomic E-state index is 15.0. The van der Waals surface area contributed by atoms with Crippen molar-refractivity contribution in [1.29, 1.82) is 10.7 Å². The van der Waals surface area contributed by atoms with E-state index in [1.54, 1.807) is 20.2 Å². The van der Waals surface area contributed by atoms with Crippen molar-refractivity contribution in [1.82, 2.24) is 10.2 Å². The molecular weight excluding hydrogens is 518 g/mol. The van der Waals surface area contributed by atoms with Crippen molar-refractivity contribution in [3.8, 4) is 6.07 Å². The zero-order chi connectivity index (χ0) is 28.9. The molecule has 1 aliphatic carbocycles. The highest BCUT2D eigenvalue weighted by molar-refractivity contribution is 7.98. The van der Waals surface area contributed by atoms with E-state index in [0.717, 1.165) is 35.9 Å². The molecule has 1 saturated carbocycles. The Morgan fingerprint density at radius 1 is 1.33 bits per heavy atom. The maximum Gasteiger partial charge on any atom is 0.153 e. The summed E-state index contributed by atoms with van der Waals surface area (Å²) in [6.07, 6.45) is 5.25. The van der Waals surface area contributed by atoms with Gasteiger partial charge >= 0.3 is 0 Å². The fourth-order valence-electron chi connectivity index (χ4n) is 4.15. The van der Waals surface area contributed by atoms with Crippen molar-refractivity contribution in [3.05, 3.63) is 69.3 Å². The standard InChI is InChI=1S/C28H34F2N8S/c1-7-15(2)25(20(13-31)23(33)14-32)26(18-8-9-18)28(35-24-10-16(3)36-37-24)34-17(4)38(5)27-21(29)11-19(39-6)12-22(27)30/h10-13,18,31H,7-9,33H2,1-6H3,(H2,35,36,37)/b23-20+,25-15+,28-26+,31-13?,34-17+. The van der Waals surface area contributed by atoms with Crippen LogP contribution < -0.4 is 16.0 Å². The first-order chi connectivity index (χ1) is 18.6. The van der Waals surface area contributed by atoms with Gasteiger partial charge in [-0.3, -0.25) is 5.10 Å². The molecule has 1 aromatic heterocycles. The number of nitriles is 1. The lowest BCUT2D eigenvalue weighted by Gasteiger charge is -2.23. The van der Waals surface area contributed by atoms with Gasteiger partial charge in [0.1, 0.15) is 29.1 Å². The first kappa shape index (κ1) is 29.6. The average Bonchev–Trinajstić information content (AvgIpc) is 3.67. The van der Waals surface area contributed by atoms with Crippen LogP contribution in [0.4, 0.5) is 20.3 Å². The largest absolute Gasteiger partial charge is 0.390 e. The number of anilines is 2. The third-order valence-electron chi connectivity index (χ3n) is 6.56. The fraction of sp³-hybridized carbons (Fsp3) is 0.357. The second kappa shape index (κ2) is 12.8. The molecule has 1 aromatic carbocycles. The number of thioether (sulfide) groups is 1. The highest BCUT2D eigenvalue weighted by Gasteiger charge is 2.34. The van der Waals surface area contributed by atoms with Gasteiger partial charge in [-0.25, -0.2) is 13.8 Å². The molecule has 8 nitrogen and oxygen atoms in total. The minimum Gasteiger partial charge on any atom is -0.390 e. The third-order valence-corrected chi connectivity index (χ3v) is 7.27. The number of hydrogen-bond donors (Lipinski definition) is 4. The van der Waals surface area contributed by atoms with Gasteiger partial charge in [0.2, 0.25) is 0 Å². The first-order valence-corrected chi connectivity index (χ1v) is 13.7. The predicted octanol–water partition coefficient (Wildman–Crippen LogP) is 6.42. The van der Waals surface area contributed by atoms with Gasteiger partial charge < -0.3 is 21.4 Å². The van der Waals surface area contributed by atoms with Crippen LogP contribution in [0.15, 0.2) is 61.9 Å². The molecule has 0 unspecified atom stereocenters. The summed E-state index contributed by atoms with van der Waals surface area (Å²) in [6.45, 7) is 7.45. The first-order valence-electron chi connectivity index (χ1n) is 12.5. The molecule has 0 bridgehead atoms. The lowest BCUT2D eigenvalue weighted by atomic mass is 9.88. The second-order valence-electron chi connectivity index (χ2n) is 9.35. The Hall–Kier alpha value is -3.91. The van der Waals surface area contributed by atoms with Crippen molar-refractivity contribution in [2.45, 2.75) is 51.9 Å². The Morgan fingerprint density at radius 3 is 2.44 bits per heavy atom. The summed E-state index contributed by atoms with van der Waals surface area (Å²) < 4.78 is 30.0. The number of aryl methyl sites for hydroxylation is 1. The van der Waals surface area contributed by atoms with Crippen LogP contribution in [0.1, 0.15) is 45.7 Å². The van der Waals surface area contributed by atoms with Crippen LogP contribution >= 0.6 is 11.8 Å². The Bertz CT molecular complexity index is 1400. The molecular formula is C28H34F2N8S. The Morgan fingerprint density at radius 2 is 1.97 bits per heavy atom. The van der Waals surface area contributed by atoms with Gasteiger partial charge in [0, 0.05) is 41.1 Å². The number of amidine groups is 1. The summed E-state index contributed by atoms with van der Waals surface area (Å²) >= 11 is 1.25. The molecule has 3 rings (SSSR count).